The first kappa shape index (κ1) is 22.3. The summed E-state index contributed by atoms with van der Waals surface area (Å²) >= 11 is 0. The van der Waals surface area contributed by atoms with Crippen LogP contribution < -0.4 is 18.9 Å². The lowest BCUT2D eigenvalue weighted by Gasteiger charge is -2.11. The Balaban J connectivity index is 1.72. The van der Waals surface area contributed by atoms with E-state index in [1.807, 2.05) is 0 Å². The summed E-state index contributed by atoms with van der Waals surface area (Å²) in [7, 11) is 2.94. The summed E-state index contributed by atoms with van der Waals surface area (Å²) in [4.78, 5) is 35.2. The third-order valence-corrected chi connectivity index (χ3v) is 4.52. The van der Waals surface area contributed by atoms with E-state index in [0.29, 0.717) is 17.1 Å². The molecule has 0 aliphatic rings. The SMILES string of the molecule is COc1ccc(C(=O)Oc2ccc(C(=O)Oc3ccc([N+](=O)[O-])cc3)c(C)c2)c(OC)c1. The normalized spacial score (nSPS) is 10.2. The topological polar surface area (TPSA) is 114 Å². The highest BCUT2D eigenvalue weighted by Gasteiger charge is 2.18. The molecule has 0 saturated heterocycles. The Morgan fingerprint density at radius 2 is 1.31 bits per heavy atom. The molecule has 0 aliphatic heterocycles. The van der Waals surface area contributed by atoms with Crippen LogP contribution in [0.5, 0.6) is 23.0 Å². The van der Waals surface area contributed by atoms with Crippen LogP contribution in [0.2, 0.25) is 0 Å². The summed E-state index contributed by atoms with van der Waals surface area (Å²) in [5.74, 6) is -0.0463. The molecule has 3 rings (SSSR count). The van der Waals surface area contributed by atoms with Crippen molar-refractivity contribution in [2.45, 2.75) is 6.92 Å². The Labute approximate surface area is 183 Å². The molecular formula is C23H19NO8. The van der Waals surface area contributed by atoms with Gasteiger partial charge in [0.2, 0.25) is 0 Å². The van der Waals surface area contributed by atoms with Crippen molar-refractivity contribution in [1.82, 2.24) is 0 Å². The van der Waals surface area contributed by atoms with Crippen LogP contribution in [-0.4, -0.2) is 31.1 Å². The molecule has 0 amide bonds. The number of aryl methyl sites for hydroxylation is 1. The van der Waals surface area contributed by atoms with Gasteiger partial charge in [0, 0.05) is 18.2 Å². The lowest BCUT2D eigenvalue weighted by atomic mass is 10.1. The molecule has 164 valence electrons. The van der Waals surface area contributed by atoms with Crippen molar-refractivity contribution in [3.05, 3.63) is 87.5 Å². The quantitative estimate of drug-likeness (QED) is 0.232. The van der Waals surface area contributed by atoms with E-state index in [0.717, 1.165) is 0 Å². The molecule has 0 saturated carbocycles. The van der Waals surface area contributed by atoms with Gasteiger partial charge in [-0.05, 0) is 55.0 Å². The molecule has 0 aliphatic carbocycles. The second-order valence-corrected chi connectivity index (χ2v) is 6.57. The summed E-state index contributed by atoms with van der Waals surface area (Å²) in [6.45, 7) is 1.66. The van der Waals surface area contributed by atoms with Crippen LogP contribution in [0.25, 0.3) is 0 Å². The number of ether oxygens (including phenoxy) is 4. The predicted molar refractivity (Wildman–Crippen MR) is 114 cm³/mol. The minimum atomic E-state index is -0.647. The number of nitrogens with zero attached hydrogens (tertiary/aromatic N) is 1. The number of hydrogen-bond donors (Lipinski definition) is 0. The van der Waals surface area contributed by atoms with Gasteiger partial charge in [-0.25, -0.2) is 9.59 Å². The largest absolute Gasteiger partial charge is 0.497 e. The zero-order valence-electron chi connectivity index (χ0n) is 17.5. The number of esters is 2. The van der Waals surface area contributed by atoms with Gasteiger partial charge in [0.25, 0.3) is 5.69 Å². The Morgan fingerprint density at radius 3 is 1.91 bits per heavy atom. The highest BCUT2D eigenvalue weighted by atomic mass is 16.6. The molecule has 0 spiro atoms. The van der Waals surface area contributed by atoms with Crippen LogP contribution in [0.4, 0.5) is 5.69 Å². The zero-order valence-corrected chi connectivity index (χ0v) is 17.5. The maximum Gasteiger partial charge on any atom is 0.347 e. The molecule has 9 heteroatoms. The minimum absolute atomic E-state index is 0.111. The standard InChI is InChI=1S/C23H19NO8/c1-14-12-18(32-23(26)20-11-8-17(29-2)13-21(20)30-3)9-10-19(14)22(25)31-16-6-4-15(5-7-16)24(27)28/h4-13H,1-3H3. The molecule has 3 aromatic carbocycles. The second kappa shape index (κ2) is 9.61. The van der Waals surface area contributed by atoms with Crippen LogP contribution in [-0.2, 0) is 0 Å². The van der Waals surface area contributed by atoms with E-state index in [-0.39, 0.29) is 28.3 Å². The Morgan fingerprint density at radius 1 is 0.750 bits per heavy atom. The highest BCUT2D eigenvalue weighted by Crippen LogP contribution is 2.27. The van der Waals surface area contributed by atoms with Gasteiger partial charge < -0.3 is 18.9 Å². The number of methoxy groups -OCH3 is 2. The van der Waals surface area contributed by atoms with E-state index in [4.69, 9.17) is 18.9 Å². The molecule has 0 N–H and O–H groups in total. The third-order valence-electron chi connectivity index (χ3n) is 4.52. The van der Waals surface area contributed by atoms with Gasteiger partial charge >= 0.3 is 11.9 Å². The average Bonchev–Trinajstić information content (AvgIpc) is 2.78. The zero-order chi connectivity index (χ0) is 23.3. The molecule has 3 aromatic rings. The highest BCUT2D eigenvalue weighted by molar-refractivity contribution is 5.95. The Kier molecular flexibility index (Phi) is 6.69. The van der Waals surface area contributed by atoms with Gasteiger partial charge in [-0.1, -0.05) is 0 Å². The molecular weight excluding hydrogens is 418 g/mol. The number of benzene rings is 3. The summed E-state index contributed by atoms with van der Waals surface area (Å²) in [6.07, 6.45) is 0. The summed E-state index contributed by atoms with van der Waals surface area (Å²) in [5.41, 5.74) is 0.877. The van der Waals surface area contributed by atoms with E-state index in [9.17, 15) is 19.7 Å². The molecule has 0 unspecified atom stereocenters. The van der Waals surface area contributed by atoms with Crippen LogP contribution in [0.3, 0.4) is 0 Å². The molecule has 0 heterocycles. The van der Waals surface area contributed by atoms with Crippen molar-refractivity contribution < 1.29 is 33.5 Å². The lowest BCUT2D eigenvalue weighted by Crippen LogP contribution is -2.12. The first-order chi connectivity index (χ1) is 15.3. The summed E-state index contributed by atoms with van der Waals surface area (Å²) in [6, 6.07) is 14.3. The van der Waals surface area contributed by atoms with Gasteiger partial charge in [0.05, 0.1) is 24.7 Å². The number of rotatable bonds is 7. The number of carbonyl (C=O) groups excluding carboxylic acids is 2. The van der Waals surface area contributed by atoms with Gasteiger partial charge in [-0.3, -0.25) is 10.1 Å². The van der Waals surface area contributed by atoms with Gasteiger partial charge in [-0.2, -0.15) is 0 Å². The number of hydrogen-bond acceptors (Lipinski definition) is 8. The third kappa shape index (κ3) is 5.01. The lowest BCUT2D eigenvalue weighted by molar-refractivity contribution is -0.384. The molecule has 0 bridgehead atoms. The smallest absolute Gasteiger partial charge is 0.347 e. The van der Waals surface area contributed by atoms with Crippen LogP contribution in [0.1, 0.15) is 26.3 Å². The fourth-order valence-electron chi connectivity index (χ4n) is 2.86. The fourth-order valence-corrected chi connectivity index (χ4v) is 2.86. The number of non-ortho nitro benzene ring substituents is 1. The van der Waals surface area contributed by atoms with Gasteiger partial charge in [0.15, 0.2) is 0 Å². The van der Waals surface area contributed by atoms with Crippen molar-refractivity contribution in [2.24, 2.45) is 0 Å². The molecule has 0 radical (unpaired) electrons. The fraction of sp³-hybridized carbons (Fsp3) is 0.130. The van der Waals surface area contributed by atoms with Gasteiger partial charge in [-0.15, -0.1) is 0 Å². The van der Waals surface area contributed by atoms with Crippen LogP contribution in [0.15, 0.2) is 60.7 Å². The van der Waals surface area contributed by atoms with E-state index < -0.39 is 16.9 Å². The van der Waals surface area contributed by atoms with E-state index in [1.165, 1.54) is 62.8 Å². The molecule has 0 atom stereocenters. The van der Waals surface area contributed by atoms with E-state index in [2.05, 4.69) is 0 Å². The predicted octanol–water partition coefficient (Wildman–Crippen LogP) is 4.36. The number of nitro groups is 1. The van der Waals surface area contributed by atoms with Crippen LogP contribution >= 0.6 is 0 Å². The number of nitro benzene ring substituents is 1. The first-order valence-electron chi connectivity index (χ1n) is 9.34. The summed E-state index contributed by atoms with van der Waals surface area (Å²) < 4.78 is 21.0. The maximum atomic E-state index is 12.6. The van der Waals surface area contributed by atoms with Crippen molar-refractivity contribution in [2.75, 3.05) is 14.2 Å². The van der Waals surface area contributed by atoms with E-state index >= 15 is 0 Å². The summed E-state index contributed by atoms with van der Waals surface area (Å²) in [5, 5.41) is 10.7. The van der Waals surface area contributed by atoms with Crippen molar-refractivity contribution >= 4 is 17.6 Å². The average molecular weight is 437 g/mol. The second-order valence-electron chi connectivity index (χ2n) is 6.57. The maximum absolute atomic E-state index is 12.6. The van der Waals surface area contributed by atoms with Crippen LogP contribution in [0, 0.1) is 17.0 Å². The van der Waals surface area contributed by atoms with Gasteiger partial charge in [0.1, 0.15) is 28.6 Å². The van der Waals surface area contributed by atoms with E-state index in [1.54, 1.807) is 19.1 Å². The van der Waals surface area contributed by atoms with Crippen molar-refractivity contribution in [3.63, 3.8) is 0 Å². The monoisotopic (exact) mass is 437 g/mol. The van der Waals surface area contributed by atoms with Crippen molar-refractivity contribution in [3.8, 4) is 23.0 Å². The molecule has 32 heavy (non-hydrogen) atoms. The minimum Gasteiger partial charge on any atom is -0.497 e. The molecule has 0 fully saturated rings. The number of carbonyl (C=O) groups is 2. The Bertz CT molecular complexity index is 1170. The first-order valence-corrected chi connectivity index (χ1v) is 9.34. The Hall–Kier alpha value is -4.40. The van der Waals surface area contributed by atoms with Crippen molar-refractivity contribution in [1.29, 1.82) is 0 Å². The molecule has 9 nitrogen and oxygen atoms in total. The molecule has 0 aromatic heterocycles.